The molecule has 6 heteroatoms. The van der Waals surface area contributed by atoms with Crippen LogP contribution < -0.4 is 4.72 Å². The molecule has 2 N–H and O–H groups in total. The number of rotatable bonds is 3. The van der Waals surface area contributed by atoms with E-state index in [4.69, 9.17) is 11.6 Å². The summed E-state index contributed by atoms with van der Waals surface area (Å²) in [4.78, 5) is 0.164. The zero-order chi connectivity index (χ0) is 14.0. The van der Waals surface area contributed by atoms with Gasteiger partial charge in [-0.3, -0.25) is 4.72 Å². The fourth-order valence-electron chi connectivity index (χ4n) is 1.57. The smallest absolute Gasteiger partial charge is 0.261 e. The maximum absolute atomic E-state index is 12.2. The first-order chi connectivity index (χ1) is 8.88. The number of nitrogens with one attached hydrogen (secondary N) is 1. The zero-order valence-corrected chi connectivity index (χ0v) is 11.7. The van der Waals surface area contributed by atoms with Crippen molar-refractivity contribution >= 4 is 27.3 Å². The molecule has 0 bridgehead atoms. The Bertz CT molecular complexity index is 714. The van der Waals surface area contributed by atoms with E-state index in [1.54, 1.807) is 12.1 Å². The number of aromatic hydroxyl groups is 1. The molecule has 0 aromatic heterocycles. The van der Waals surface area contributed by atoms with Gasteiger partial charge in [-0.2, -0.15) is 0 Å². The van der Waals surface area contributed by atoms with Crippen LogP contribution in [0, 0.1) is 6.92 Å². The van der Waals surface area contributed by atoms with Gasteiger partial charge in [-0.05, 0) is 36.8 Å². The van der Waals surface area contributed by atoms with Crippen LogP contribution in [0.15, 0.2) is 47.4 Å². The predicted octanol–water partition coefficient (Wildman–Crippen LogP) is 3.15. The van der Waals surface area contributed by atoms with Crippen LogP contribution in [0.2, 0.25) is 5.02 Å². The van der Waals surface area contributed by atoms with E-state index in [0.29, 0.717) is 0 Å². The molecule has 100 valence electrons. The number of hydrogen-bond donors (Lipinski definition) is 2. The van der Waals surface area contributed by atoms with E-state index < -0.39 is 10.0 Å². The molecule has 0 aliphatic heterocycles. The Morgan fingerprint density at radius 2 is 1.89 bits per heavy atom. The van der Waals surface area contributed by atoms with Gasteiger partial charge in [0, 0.05) is 6.07 Å². The lowest BCUT2D eigenvalue weighted by molar-refractivity contribution is 0.475. The van der Waals surface area contributed by atoms with Crippen molar-refractivity contribution in [2.24, 2.45) is 0 Å². The Morgan fingerprint density at radius 3 is 2.53 bits per heavy atom. The van der Waals surface area contributed by atoms with Crippen LogP contribution in [-0.4, -0.2) is 13.5 Å². The number of anilines is 1. The van der Waals surface area contributed by atoms with Gasteiger partial charge in [-0.25, -0.2) is 8.42 Å². The molecule has 2 rings (SSSR count). The lowest BCUT2D eigenvalue weighted by atomic mass is 10.2. The van der Waals surface area contributed by atoms with Crippen LogP contribution in [0.3, 0.4) is 0 Å². The maximum Gasteiger partial charge on any atom is 0.261 e. The van der Waals surface area contributed by atoms with Gasteiger partial charge in [-0.15, -0.1) is 0 Å². The standard InChI is InChI=1S/C13H12ClNO3S/c1-9-3-2-4-11(7-9)19(17,18)15-13-6-5-10(16)8-12(13)14/h2-8,15-16H,1H3. The molecule has 0 aliphatic carbocycles. The van der Waals surface area contributed by atoms with E-state index in [1.807, 2.05) is 13.0 Å². The number of aryl methyl sites for hydroxylation is 1. The molecule has 2 aromatic rings. The second-order valence-electron chi connectivity index (χ2n) is 4.09. The molecule has 2 aromatic carbocycles. The van der Waals surface area contributed by atoms with E-state index in [2.05, 4.69) is 4.72 Å². The summed E-state index contributed by atoms with van der Waals surface area (Å²) >= 11 is 5.87. The third kappa shape index (κ3) is 3.19. The van der Waals surface area contributed by atoms with Crippen LogP contribution in [0.1, 0.15) is 5.56 Å². The molecule has 0 saturated carbocycles. The van der Waals surface area contributed by atoms with Crippen LogP contribution in [0.4, 0.5) is 5.69 Å². The summed E-state index contributed by atoms with van der Waals surface area (Å²) in [5.74, 6) is -0.0245. The van der Waals surface area contributed by atoms with Gasteiger partial charge in [0.1, 0.15) is 5.75 Å². The van der Waals surface area contributed by atoms with Gasteiger partial charge in [-0.1, -0.05) is 23.7 Å². The molecule has 19 heavy (non-hydrogen) atoms. The van der Waals surface area contributed by atoms with Gasteiger partial charge in [0.15, 0.2) is 0 Å². The largest absolute Gasteiger partial charge is 0.508 e. The minimum absolute atomic E-state index is 0.0245. The van der Waals surface area contributed by atoms with Crippen molar-refractivity contribution in [3.63, 3.8) is 0 Å². The average molecular weight is 298 g/mol. The van der Waals surface area contributed by atoms with E-state index in [-0.39, 0.29) is 21.4 Å². The molecule has 0 fully saturated rings. The Morgan fingerprint density at radius 1 is 1.16 bits per heavy atom. The van der Waals surface area contributed by atoms with E-state index >= 15 is 0 Å². The van der Waals surface area contributed by atoms with Crippen LogP contribution in [0.25, 0.3) is 0 Å². The lowest BCUT2D eigenvalue weighted by Crippen LogP contribution is -2.13. The third-order valence-corrected chi connectivity index (χ3v) is 4.17. The van der Waals surface area contributed by atoms with Crippen molar-refractivity contribution in [1.82, 2.24) is 0 Å². The van der Waals surface area contributed by atoms with Crippen molar-refractivity contribution in [3.05, 3.63) is 53.1 Å². The fourth-order valence-corrected chi connectivity index (χ4v) is 3.04. The van der Waals surface area contributed by atoms with Crippen LogP contribution in [0.5, 0.6) is 5.75 Å². The Labute approximate surface area is 116 Å². The van der Waals surface area contributed by atoms with E-state index in [1.165, 1.54) is 24.3 Å². The molecular formula is C13H12ClNO3S. The second-order valence-corrected chi connectivity index (χ2v) is 6.18. The van der Waals surface area contributed by atoms with Gasteiger partial charge >= 0.3 is 0 Å². The number of phenols is 1. The van der Waals surface area contributed by atoms with Crippen LogP contribution in [-0.2, 0) is 10.0 Å². The first kappa shape index (κ1) is 13.7. The highest BCUT2D eigenvalue weighted by atomic mass is 35.5. The van der Waals surface area contributed by atoms with Crippen molar-refractivity contribution in [2.45, 2.75) is 11.8 Å². The topological polar surface area (TPSA) is 66.4 Å². The highest BCUT2D eigenvalue weighted by Crippen LogP contribution is 2.28. The van der Waals surface area contributed by atoms with Crippen molar-refractivity contribution in [3.8, 4) is 5.75 Å². The SMILES string of the molecule is Cc1cccc(S(=O)(=O)Nc2ccc(O)cc2Cl)c1. The summed E-state index contributed by atoms with van der Waals surface area (Å²) < 4.78 is 26.7. The monoisotopic (exact) mass is 297 g/mol. The lowest BCUT2D eigenvalue weighted by Gasteiger charge is -2.10. The maximum atomic E-state index is 12.2. The van der Waals surface area contributed by atoms with Crippen molar-refractivity contribution in [1.29, 1.82) is 0 Å². The van der Waals surface area contributed by atoms with Gasteiger partial charge < -0.3 is 5.11 Å². The quantitative estimate of drug-likeness (QED) is 0.855. The van der Waals surface area contributed by atoms with Gasteiger partial charge in [0.25, 0.3) is 10.0 Å². The minimum atomic E-state index is -3.69. The molecule has 0 unspecified atom stereocenters. The van der Waals surface area contributed by atoms with Crippen LogP contribution >= 0.6 is 11.6 Å². The summed E-state index contributed by atoms with van der Waals surface area (Å²) in [5.41, 5.74) is 1.07. The average Bonchev–Trinajstić information content (AvgIpc) is 2.33. The molecule has 0 heterocycles. The number of hydrogen-bond acceptors (Lipinski definition) is 3. The highest BCUT2D eigenvalue weighted by Gasteiger charge is 2.15. The summed E-state index contributed by atoms with van der Waals surface area (Å²) in [7, 11) is -3.69. The molecule has 0 spiro atoms. The highest BCUT2D eigenvalue weighted by molar-refractivity contribution is 7.92. The summed E-state index contributed by atoms with van der Waals surface area (Å²) in [6.07, 6.45) is 0. The molecular weight excluding hydrogens is 286 g/mol. The van der Waals surface area contributed by atoms with Gasteiger partial charge in [0.2, 0.25) is 0 Å². The zero-order valence-electron chi connectivity index (χ0n) is 10.1. The number of benzene rings is 2. The molecule has 0 atom stereocenters. The third-order valence-electron chi connectivity index (χ3n) is 2.50. The Kier molecular flexibility index (Phi) is 3.68. The fraction of sp³-hybridized carbons (Fsp3) is 0.0769. The first-order valence-corrected chi connectivity index (χ1v) is 7.32. The minimum Gasteiger partial charge on any atom is -0.508 e. The van der Waals surface area contributed by atoms with E-state index in [0.717, 1.165) is 5.56 Å². The normalized spacial score (nSPS) is 11.3. The van der Waals surface area contributed by atoms with Gasteiger partial charge in [0.05, 0.1) is 15.6 Å². The first-order valence-electron chi connectivity index (χ1n) is 5.46. The molecule has 0 radical (unpaired) electrons. The Balaban J connectivity index is 2.36. The summed E-state index contributed by atoms with van der Waals surface area (Å²) in [6, 6.07) is 10.6. The molecule has 4 nitrogen and oxygen atoms in total. The molecule has 0 amide bonds. The second kappa shape index (κ2) is 5.11. The van der Waals surface area contributed by atoms with Crippen molar-refractivity contribution < 1.29 is 13.5 Å². The number of halogens is 1. The number of phenolic OH excluding ortho intramolecular Hbond substituents is 1. The number of sulfonamides is 1. The molecule has 0 aliphatic rings. The predicted molar refractivity (Wildman–Crippen MR) is 75.1 cm³/mol. The summed E-state index contributed by atoms with van der Waals surface area (Å²) in [5, 5.41) is 9.36. The van der Waals surface area contributed by atoms with E-state index in [9.17, 15) is 13.5 Å². The summed E-state index contributed by atoms with van der Waals surface area (Å²) in [6.45, 7) is 1.81. The molecule has 0 saturated heterocycles. The Hall–Kier alpha value is -1.72. The van der Waals surface area contributed by atoms with Crippen molar-refractivity contribution in [2.75, 3.05) is 4.72 Å².